The number of carbonyl (C=O) groups excluding carboxylic acids is 2. The summed E-state index contributed by atoms with van der Waals surface area (Å²) in [6, 6.07) is 25.0. The summed E-state index contributed by atoms with van der Waals surface area (Å²) < 4.78 is 43.4. The van der Waals surface area contributed by atoms with E-state index in [4.69, 9.17) is 18.4 Å². The van der Waals surface area contributed by atoms with Crippen molar-refractivity contribution in [3.63, 3.8) is 0 Å². The summed E-state index contributed by atoms with van der Waals surface area (Å²) >= 11 is 0. The third-order valence-electron chi connectivity index (χ3n) is 14.4. The highest BCUT2D eigenvalue weighted by atomic mass is 32.2. The molecular formula is C56H82N2O9S. The normalized spacial score (nSPS) is 21.9. The molecule has 0 bridgehead atoms. The zero-order valence-electron chi connectivity index (χ0n) is 41.0. The van der Waals surface area contributed by atoms with Crippen molar-refractivity contribution in [2.75, 3.05) is 45.6 Å². The Balaban J connectivity index is 0.000000205. The molecule has 4 aromatic carbocycles. The summed E-state index contributed by atoms with van der Waals surface area (Å²) in [5.74, 6) is 3.07. The zero-order valence-corrected chi connectivity index (χ0v) is 41.8. The van der Waals surface area contributed by atoms with Crippen LogP contribution < -0.4 is 4.74 Å². The minimum Gasteiger partial charge on any atom is -0.507 e. The van der Waals surface area contributed by atoms with Gasteiger partial charge >= 0.3 is 11.9 Å². The van der Waals surface area contributed by atoms with Gasteiger partial charge in [0, 0.05) is 23.9 Å². The first-order chi connectivity index (χ1) is 32.3. The fraction of sp³-hybridized carbons (Fsp3) is 0.607. The van der Waals surface area contributed by atoms with Gasteiger partial charge in [0.15, 0.2) is 0 Å². The molecule has 0 amide bonds. The summed E-state index contributed by atoms with van der Waals surface area (Å²) in [5, 5.41) is 14.3. The Labute approximate surface area is 408 Å². The number of benzene rings is 4. The average Bonchev–Trinajstić information content (AvgIpc) is 3.33. The van der Waals surface area contributed by atoms with Crippen molar-refractivity contribution in [2.45, 2.75) is 150 Å². The van der Waals surface area contributed by atoms with Gasteiger partial charge in [-0.3, -0.25) is 23.6 Å². The number of phenolic OH excluding ortho intramolecular Hbond substituents is 1. The van der Waals surface area contributed by atoms with Gasteiger partial charge in [0.2, 0.25) is 0 Å². The van der Waals surface area contributed by atoms with Crippen LogP contribution in [0.3, 0.4) is 0 Å². The van der Waals surface area contributed by atoms with Crippen LogP contribution in [0, 0.1) is 23.7 Å². The van der Waals surface area contributed by atoms with E-state index in [1.54, 1.807) is 6.07 Å². The van der Waals surface area contributed by atoms with Crippen LogP contribution in [-0.4, -0.2) is 93.1 Å². The number of hydrogen-bond donors (Lipinski definition) is 1. The first kappa shape index (κ1) is 54.7. The number of likely N-dealkylation sites (tertiary alicyclic amines) is 2. The molecule has 1 N–H and O–H groups in total. The zero-order chi connectivity index (χ0) is 47.8. The first-order valence-corrected chi connectivity index (χ1v) is 27.2. The maximum atomic E-state index is 12.0. The molecule has 0 atom stereocenters. The van der Waals surface area contributed by atoms with Crippen molar-refractivity contribution in [1.29, 1.82) is 0 Å². The second-order valence-electron chi connectivity index (χ2n) is 19.3. The molecule has 4 aliphatic rings. The molecule has 8 rings (SSSR count). The summed E-state index contributed by atoms with van der Waals surface area (Å²) in [4.78, 5) is 28.6. The molecule has 0 radical (unpaired) electrons. The predicted octanol–water partition coefficient (Wildman–Crippen LogP) is 11.9. The molecule has 2 aliphatic heterocycles. The Morgan fingerprint density at radius 3 is 1.49 bits per heavy atom. The topological polar surface area (TPSA) is 132 Å². The number of carbonyl (C=O) groups is 2. The highest BCUT2D eigenvalue weighted by molar-refractivity contribution is 7.86. The van der Waals surface area contributed by atoms with Crippen LogP contribution in [0.2, 0.25) is 0 Å². The van der Waals surface area contributed by atoms with E-state index in [0.717, 1.165) is 125 Å². The van der Waals surface area contributed by atoms with E-state index in [9.17, 15) is 23.1 Å². The highest BCUT2D eigenvalue weighted by Gasteiger charge is 2.28. The Hall–Kier alpha value is -4.23. The molecule has 68 heavy (non-hydrogen) atoms. The van der Waals surface area contributed by atoms with Crippen molar-refractivity contribution < 1.29 is 41.5 Å². The fourth-order valence-corrected chi connectivity index (χ4v) is 11.0. The number of phenols is 1. The van der Waals surface area contributed by atoms with Crippen molar-refractivity contribution in [2.24, 2.45) is 23.7 Å². The second-order valence-corrected chi connectivity index (χ2v) is 20.9. The van der Waals surface area contributed by atoms with E-state index in [2.05, 4.69) is 72.2 Å². The minimum atomic E-state index is -3.25. The van der Waals surface area contributed by atoms with Crippen LogP contribution >= 0.6 is 0 Å². The monoisotopic (exact) mass is 959 g/mol. The molecule has 376 valence electrons. The highest BCUT2D eigenvalue weighted by Crippen LogP contribution is 2.34. The Bertz CT molecular complexity index is 2270. The number of rotatable bonds is 14. The molecule has 2 saturated heterocycles. The summed E-state index contributed by atoms with van der Waals surface area (Å²) in [7, 11) is -3.25. The lowest BCUT2D eigenvalue weighted by Crippen LogP contribution is -2.36. The van der Waals surface area contributed by atoms with Gasteiger partial charge in [0.1, 0.15) is 11.5 Å². The first-order valence-electron chi connectivity index (χ1n) is 25.4. The van der Waals surface area contributed by atoms with Gasteiger partial charge in [-0.25, -0.2) is 0 Å². The van der Waals surface area contributed by atoms with Crippen LogP contribution in [-0.2, 0) is 46.5 Å². The van der Waals surface area contributed by atoms with Crippen molar-refractivity contribution >= 4 is 43.6 Å². The maximum absolute atomic E-state index is 12.0. The number of aromatic hydroxyl groups is 1. The molecule has 12 heteroatoms. The van der Waals surface area contributed by atoms with Crippen LogP contribution in [0.5, 0.6) is 11.5 Å². The van der Waals surface area contributed by atoms with E-state index < -0.39 is 10.1 Å². The van der Waals surface area contributed by atoms with Crippen LogP contribution in [0.4, 0.5) is 0 Å². The molecule has 2 heterocycles. The van der Waals surface area contributed by atoms with E-state index in [0.29, 0.717) is 25.1 Å². The summed E-state index contributed by atoms with van der Waals surface area (Å²) in [6.07, 6.45) is 16.4. The molecule has 0 aromatic heterocycles. The van der Waals surface area contributed by atoms with Gasteiger partial charge in [-0.15, -0.1) is 0 Å². The molecule has 0 unspecified atom stereocenters. The fourth-order valence-electron chi connectivity index (χ4n) is 10.3. The van der Waals surface area contributed by atoms with Gasteiger partial charge in [-0.2, -0.15) is 8.42 Å². The van der Waals surface area contributed by atoms with Crippen LogP contribution in [0.1, 0.15) is 136 Å². The average molecular weight is 959 g/mol. The lowest BCUT2D eigenvalue weighted by Gasteiger charge is -2.31. The van der Waals surface area contributed by atoms with Gasteiger partial charge in [0.05, 0.1) is 43.5 Å². The van der Waals surface area contributed by atoms with Gasteiger partial charge < -0.3 is 19.3 Å². The van der Waals surface area contributed by atoms with Crippen LogP contribution in [0.15, 0.2) is 72.8 Å². The van der Waals surface area contributed by atoms with Gasteiger partial charge in [-0.05, 0) is 175 Å². The van der Waals surface area contributed by atoms with E-state index in [1.165, 1.54) is 60.4 Å². The summed E-state index contributed by atoms with van der Waals surface area (Å²) in [5.41, 5.74) is 2.56. The number of nitrogens with zero attached hydrogens (tertiary/aromatic N) is 2. The second kappa shape index (κ2) is 27.2. The van der Waals surface area contributed by atoms with Crippen LogP contribution in [0.25, 0.3) is 21.5 Å². The summed E-state index contributed by atoms with van der Waals surface area (Å²) in [6.45, 7) is 14.7. The third-order valence-corrected chi connectivity index (χ3v) is 15.0. The molecule has 0 spiro atoms. The molecule has 4 fully saturated rings. The number of ether oxygens (including phenoxy) is 3. The van der Waals surface area contributed by atoms with Gasteiger partial charge in [0.25, 0.3) is 10.1 Å². The number of esters is 2. The third kappa shape index (κ3) is 16.7. The smallest absolute Gasteiger partial charge is 0.309 e. The lowest BCUT2D eigenvalue weighted by atomic mass is 9.86. The van der Waals surface area contributed by atoms with Crippen molar-refractivity contribution in [3.8, 4) is 11.5 Å². The van der Waals surface area contributed by atoms with Gasteiger partial charge in [-0.1, -0.05) is 82.6 Å². The number of fused-ring (bicyclic) bond motifs is 2. The lowest BCUT2D eigenvalue weighted by molar-refractivity contribution is -0.150. The Kier molecular flexibility index (Phi) is 21.9. The predicted molar refractivity (Wildman–Crippen MR) is 274 cm³/mol. The van der Waals surface area contributed by atoms with Crippen molar-refractivity contribution in [3.05, 3.63) is 83.9 Å². The van der Waals surface area contributed by atoms with E-state index in [1.807, 2.05) is 32.0 Å². The molecule has 11 nitrogen and oxygen atoms in total. The van der Waals surface area contributed by atoms with E-state index >= 15 is 0 Å². The SMILES string of the molecule is C.CCC1CCC(OS(C)(=O)=O)CC1.CCOC(=O)C1CCN(Cc2ccc3c(O)cccc3c2)CC1.CCOC(=O)C1CCN(Cc2ccc3c(OC4CCC(CC)CC4)cccc3c2)CC1. The van der Waals surface area contributed by atoms with Crippen molar-refractivity contribution in [1.82, 2.24) is 9.80 Å². The number of hydrogen-bond acceptors (Lipinski definition) is 11. The Morgan fingerprint density at radius 2 is 1.03 bits per heavy atom. The largest absolute Gasteiger partial charge is 0.507 e. The molecule has 2 aliphatic carbocycles. The molecule has 2 saturated carbocycles. The number of piperidine rings is 2. The molecular weight excluding hydrogens is 877 g/mol. The van der Waals surface area contributed by atoms with E-state index in [-0.39, 0.29) is 37.3 Å². The molecule has 4 aromatic rings. The minimum absolute atomic E-state index is 0. The Morgan fingerprint density at radius 1 is 0.588 bits per heavy atom. The standard InChI is InChI=1S/C27H37NO3.C19H23NO3.C9H18O3S.CH4/c1-3-20-8-11-24(12-9-20)31-26-7-5-6-23-18-21(10-13-25(23)26)19-28-16-14-22(15-17-28)27(29)30-4-2;1-2-23-19(22)15-8-10-20(11-9-15)13-14-6-7-17-16(12-14)4-3-5-18(17)21;1-3-8-4-6-9(7-5-8)12-13(2,10)11;/h5-7,10,13,18,20,22,24H,3-4,8-9,11-12,14-17,19H2,1-2H3;3-7,12,15,21H,2,8-11,13H2,1H3;8-9H,3-7H2,1-2H3;1H4. The quantitative estimate of drug-likeness (QED) is 0.0957. The maximum Gasteiger partial charge on any atom is 0.309 e.